The van der Waals surface area contributed by atoms with E-state index in [0.29, 0.717) is 12.6 Å². The van der Waals surface area contributed by atoms with E-state index in [2.05, 4.69) is 27.6 Å². The van der Waals surface area contributed by atoms with Crippen molar-refractivity contribution in [1.29, 1.82) is 0 Å². The number of ether oxygens (including phenoxy) is 1. The number of nitrogens with zero attached hydrogens (tertiary/aromatic N) is 4. The number of halogens is 1. The van der Waals surface area contributed by atoms with Gasteiger partial charge in [-0.05, 0) is 32.1 Å². The van der Waals surface area contributed by atoms with Crippen molar-refractivity contribution in [1.82, 2.24) is 25.4 Å². The van der Waals surface area contributed by atoms with Gasteiger partial charge in [-0.1, -0.05) is 12.8 Å². The molecule has 0 aromatic carbocycles. The summed E-state index contributed by atoms with van der Waals surface area (Å²) in [5, 5.41) is 11.4. The Balaban J connectivity index is 0.00000225. The van der Waals surface area contributed by atoms with Crippen LogP contribution in [0, 0.1) is 5.92 Å². The van der Waals surface area contributed by atoms with Gasteiger partial charge in [-0.15, -0.1) is 24.0 Å². The number of aliphatic imine (C=N–C) groups is 1. The van der Waals surface area contributed by atoms with E-state index in [1.165, 1.54) is 25.7 Å². The first-order valence-electron chi connectivity index (χ1n) is 9.25. The molecule has 1 aliphatic heterocycles. The lowest BCUT2D eigenvalue weighted by Crippen LogP contribution is -2.47. The minimum atomic E-state index is 0. The molecule has 1 aliphatic carbocycles. The first kappa shape index (κ1) is 20.4. The highest BCUT2D eigenvalue weighted by atomic mass is 127. The van der Waals surface area contributed by atoms with Crippen LogP contribution in [0.5, 0.6) is 0 Å². The SMILES string of the molecule is CCNC(=NCCCC1CC1)NC1CCc2nc(COC)nn2C1.I. The number of hydrogen-bond donors (Lipinski definition) is 2. The Hall–Kier alpha value is -0.900. The zero-order chi connectivity index (χ0) is 16.8. The maximum Gasteiger partial charge on any atom is 0.191 e. The molecule has 0 saturated heterocycles. The number of nitrogens with one attached hydrogen (secondary N) is 2. The average molecular weight is 462 g/mol. The summed E-state index contributed by atoms with van der Waals surface area (Å²) in [6.45, 7) is 5.20. The molecule has 1 fully saturated rings. The molecule has 0 radical (unpaired) electrons. The van der Waals surface area contributed by atoms with Crippen LogP contribution < -0.4 is 10.6 Å². The largest absolute Gasteiger partial charge is 0.377 e. The normalized spacial score (nSPS) is 19.9. The number of aryl methyl sites for hydroxylation is 1. The van der Waals surface area contributed by atoms with Crippen molar-refractivity contribution in [2.75, 3.05) is 20.2 Å². The number of aromatic nitrogens is 3. The summed E-state index contributed by atoms with van der Waals surface area (Å²) in [5.41, 5.74) is 0. The van der Waals surface area contributed by atoms with E-state index in [9.17, 15) is 0 Å². The smallest absolute Gasteiger partial charge is 0.191 e. The van der Waals surface area contributed by atoms with Crippen molar-refractivity contribution >= 4 is 29.9 Å². The molecule has 142 valence electrons. The zero-order valence-corrected chi connectivity index (χ0v) is 17.7. The van der Waals surface area contributed by atoms with E-state index < -0.39 is 0 Å². The highest BCUT2D eigenvalue weighted by Gasteiger charge is 2.22. The lowest BCUT2D eigenvalue weighted by Gasteiger charge is -2.25. The van der Waals surface area contributed by atoms with Gasteiger partial charge in [-0.25, -0.2) is 9.67 Å². The summed E-state index contributed by atoms with van der Waals surface area (Å²) < 4.78 is 7.13. The second kappa shape index (κ2) is 10.3. The first-order chi connectivity index (χ1) is 11.8. The van der Waals surface area contributed by atoms with Gasteiger partial charge in [0.25, 0.3) is 0 Å². The minimum Gasteiger partial charge on any atom is -0.377 e. The van der Waals surface area contributed by atoms with E-state index >= 15 is 0 Å². The minimum absolute atomic E-state index is 0. The van der Waals surface area contributed by atoms with Gasteiger partial charge >= 0.3 is 0 Å². The van der Waals surface area contributed by atoms with Crippen molar-refractivity contribution < 1.29 is 4.74 Å². The summed E-state index contributed by atoms with van der Waals surface area (Å²) >= 11 is 0. The Bertz CT molecular complexity index is 557. The summed E-state index contributed by atoms with van der Waals surface area (Å²) in [7, 11) is 1.67. The molecule has 0 amide bonds. The van der Waals surface area contributed by atoms with Gasteiger partial charge in [-0.3, -0.25) is 4.99 Å². The van der Waals surface area contributed by atoms with Gasteiger partial charge in [0.15, 0.2) is 11.8 Å². The number of methoxy groups -OCH3 is 1. The van der Waals surface area contributed by atoms with Crippen molar-refractivity contribution in [3.05, 3.63) is 11.6 Å². The highest BCUT2D eigenvalue weighted by molar-refractivity contribution is 14.0. The van der Waals surface area contributed by atoms with Crippen LogP contribution in [0.4, 0.5) is 0 Å². The van der Waals surface area contributed by atoms with Crippen molar-refractivity contribution in [3.8, 4) is 0 Å². The lowest BCUT2D eigenvalue weighted by molar-refractivity contribution is 0.177. The molecule has 2 N–H and O–H groups in total. The Morgan fingerprint density at radius 2 is 2.20 bits per heavy atom. The van der Waals surface area contributed by atoms with Crippen molar-refractivity contribution in [3.63, 3.8) is 0 Å². The molecule has 2 aliphatic rings. The van der Waals surface area contributed by atoms with Gasteiger partial charge < -0.3 is 15.4 Å². The summed E-state index contributed by atoms with van der Waals surface area (Å²) in [4.78, 5) is 9.25. The van der Waals surface area contributed by atoms with Crippen LogP contribution in [0.1, 0.15) is 50.7 Å². The molecule has 1 aromatic heterocycles. The summed E-state index contributed by atoms with van der Waals surface area (Å²) in [6, 6.07) is 0.343. The number of fused-ring (bicyclic) bond motifs is 1. The van der Waals surface area contributed by atoms with Gasteiger partial charge in [0, 0.05) is 32.7 Å². The number of rotatable bonds is 8. The third kappa shape index (κ3) is 6.40. The van der Waals surface area contributed by atoms with Crippen molar-refractivity contribution in [2.45, 2.75) is 64.6 Å². The molecule has 2 heterocycles. The van der Waals surface area contributed by atoms with Gasteiger partial charge in [0.05, 0.1) is 6.54 Å². The van der Waals surface area contributed by atoms with E-state index in [4.69, 9.17) is 9.73 Å². The van der Waals surface area contributed by atoms with Crippen LogP contribution in [0.3, 0.4) is 0 Å². The predicted octanol–water partition coefficient (Wildman–Crippen LogP) is 2.10. The van der Waals surface area contributed by atoms with Gasteiger partial charge in [0.1, 0.15) is 12.4 Å². The van der Waals surface area contributed by atoms with Crippen LogP contribution in [0.15, 0.2) is 4.99 Å². The predicted molar refractivity (Wildman–Crippen MR) is 109 cm³/mol. The fraction of sp³-hybridized carbons (Fsp3) is 0.824. The fourth-order valence-electron chi connectivity index (χ4n) is 3.16. The second-order valence-electron chi connectivity index (χ2n) is 6.79. The molecule has 1 saturated carbocycles. The van der Waals surface area contributed by atoms with Crippen LogP contribution in [0.2, 0.25) is 0 Å². The fourth-order valence-corrected chi connectivity index (χ4v) is 3.16. The van der Waals surface area contributed by atoms with Crippen LogP contribution in [0.25, 0.3) is 0 Å². The molecule has 3 rings (SSSR count). The molecular weight excluding hydrogens is 431 g/mol. The Morgan fingerprint density at radius 3 is 2.92 bits per heavy atom. The third-order valence-corrected chi connectivity index (χ3v) is 4.60. The number of guanidine groups is 1. The summed E-state index contributed by atoms with van der Waals surface area (Å²) in [6.07, 6.45) is 7.37. The molecule has 8 heteroatoms. The van der Waals surface area contributed by atoms with E-state index in [-0.39, 0.29) is 24.0 Å². The van der Waals surface area contributed by atoms with Crippen LogP contribution in [-0.2, 0) is 24.3 Å². The highest BCUT2D eigenvalue weighted by Crippen LogP contribution is 2.33. The first-order valence-corrected chi connectivity index (χ1v) is 9.25. The topological polar surface area (TPSA) is 76.4 Å². The van der Waals surface area contributed by atoms with Gasteiger partial charge in [-0.2, -0.15) is 5.10 Å². The molecule has 1 unspecified atom stereocenters. The Kier molecular flexibility index (Phi) is 8.41. The second-order valence-corrected chi connectivity index (χ2v) is 6.79. The Labute approximate surface area is 167 Å². The molecule has 7 nitrogen and oxygen atoms in total. The molecular formula is C17H31IN6O. The summed E-state index contributed by atoms with van der Waals surface area (Å²) in [5.74, 6) is 3.75. The molecule has 1 aromatic rings. The molecule has 25 heavy (non-hydrogen) atoms. The molecule has 0 spiro atoms. The molecule has 1 atom stereocenters. The van der Waals surface area contributed by atoms with E-state index in [0.717, 1.165) is 56.0 Å². The molecule has 0 bridgehead atoms. The quantitative estimate of drug-likeness (QED) is 0.268. The standard InChI is InChI=1S/C17H30N6O.HI/c1-3-18-17(19-10-4-5-13-6-7-13)20-14-8-9-16-21-15(12-24-2)22-23(16)11-14;/h13-14H,3-12H2,1-2H3,(H2,18,19,20);1H. The average Bonchev–Trinajstić information content (AvgIpc) is 3.30. The maximum atomic E-state index is 5.12. The lowest BCUT2D eigenvalue weighted by atomic mass is 10.1. The zero-order valence-electron chi connectivity index (χ0n) is 15.3. The van der Waals surface area contributed by atoms with Crippen LogP contribution in [-0.4, -0.2) is 47.0 Å². The van der Waals surface area contributed by atoms with Crippen LogP contribution >= 0.6 is 24.0 Å². The van der Waals surface area contributed by atoms with Gasteiger partial charge in [0.2, 0.25) is 0 Å². The number of hydrogen-bond acceptors (Lipinski definition) is 4. The monoisotopic (exact) mass is 462 g/mol. The van der Waals surface area contributed by atoms with E-state index in [1.54, 1.807) is 7.11 Å². The third-order valence-electron chi connectivity index (χ3n) is 4.60. The van der Waals surface area contributed by atoms with E-state index in [1.807, 2.05) is 4.68 Å². The van der Waals surface area contributed by atoms with Crippen molar-refractivity contribution in [2.24, 2.45) is 10.9 Å². The maximum absolute atomic E-state index is 5.12. The Morgan fingerprint density at radius 1 is 1.36 bits per heavy atom.